The molecule has 7 aromatic carbocycles. The largest absolute Gasteiger partial charge is 0.458 e. The zero-order valence-corrected chi connectivity index (χ0v) is 25.8. The Balaban J connectivity index is 1.15. The predicted molar refractivity (Wildman–Crippen MR) is 194 cm³/mol. The van der Waals surface area contributed by atoms with Gasteiger partial charge in [-0.05, 0) is 95.4 Å². The molecular formula is C41H26BNO2S. The van der Waals surface area contributed by atoms with E-state index in [9.17, 15) is 0 Å². The van der Waals surface area contributed by atoms with Gasteiger partial charge in [-0.2, -0.15) is 0 Å². The Morgan fingerprint density at radius 2 is 1.22 bits per heavy atom. The van der Waals surface area contributed by atoms with Gasteiger partial charge in [0.05, 0.1) is 0 Å². The molecule has 46 heavy (non-hydrogen) atoms. The minimum Gasteiger partial charge on any atom is -0.458 e. The van der Waals surface area contributed by atoms with Crippen LogP contribution in [0.5, 0.6) is 23.0 Å². The molecule has 3 nitrogen and oxygen atoms in total. The fraction of sp³-hybridized carbons (Fsp3) is 0.0244. The lowest BCUT2D eigenvalue weighted by atomic mass is 9.35. The molecule has 0 saturated heterocycles. The van der Waals surface area contributed by atoms with E-state index in [4.69, 9.17) is 9.47 Å². The molecule has 10 rings (SSSR count). The van der Waals surface area contributed by atoms with Gasteiger partial charge < -0.3 is 14.4 Å². The molecule has 8 aromatic rings. The van der Waals surface area contributed by atoms with E-state index in [1.807, 2.05) is 17.4 Å². The number of para-hydroxylation sites is 2. The number of anilines is 3. The van der Waals surface area contributed by atoms with E-state index in [-0.39, 0.29) is 6.71 Å². The predicted octanol–water partition coefficient (Wildman–Crippen LogP) is 9.71. The number of rotatable bonds is 3. The van der Waals surface area contributed by atoms with E-state index in [0.717, 1.165) is 45.5 Å². The Labute approximate surface area is 271 Å². The molecular weight excluding hydrogens is 581 g/mol. The van der Waals surface area contributed by atoms with Gasteiger partial charge in [0, 0.05) is 42.7 Å². The van der Waals surface area contributed by atoms with Crippen molar-refractivity contribution < 1.29 is 9.47 Å². The first-order chi connectivity index (χ1) is 22.7. The van der Waals surface area contributed by atoms with Crippen LogP contribution in [0.25, 0.3) is 30.9 Å². The number of aryl methyl sites for hydroxylation is 1. The molecule has 2 aliphatic rings. The molecule has 1 aromatic heterocycles. The van der Waals surface area contributed by atoms with Gasteiger partial charge in [0.15, 0.2) is 0 Å². The number of ether oxygens (including phenoxy) is 2. The summed E-state index contributed by atoms with van der Waals surface area (Å²) in [6.07, 6.45) is 0. The molecule has 5 heteroatoms. The van der Waals surface area contributed by atoms with Crippen LogP contribution in [0.2, 0.25) is 0 Å². The van der Waals surface area contributed by atoms with Gasteiger partial charge in [-0.1, -0.05) is 78.4 Å². The first-order valence-corrected chi connectivity index (χ1v) is 16.4. The summed E-state index contributed by atoms with van der Waals surface area (Å²) in [5.41, 5.74) is 8.14. The van der Waals surface area contributed by atoms with Crippen LogP contribution in [0.4, 0.5) is 17.1 Å². The highest BCUT2D eigenvalue weighted by Gasteiger charge is 2.40. The lowest BCUT2D eigenvalue weighted by molar-refractivity contribution is 0.465. The quantitative estimate of drug-likeness (QED) is 0.187. The van der Waals surface area contributed by atoms with Crippen LogP contribution in [0.1, 0.15) is 5.56 Å². The number of benzene rings is 7. The molecule has 216 valence electrons. The fourth-order valence-corrected chi connectivity index (χ4v) is 8.60. The summed E-state index contributed by atoms with van der Waals surface area (Å²) in [5, 5.41) is 4.98. The van der Waals surface area contributed by atoms with Gasteiger partial charge in [0.1, 0.15) is 23.0 Å². The second-order valence-corrected chi connectivity index (χ2v) is 13.2. The molecule has 0 aliphatic carbocycles. The van der Waals surface area contributed by atoms with Crippen molar-refractivity contribution in [2.75, 3.05) is 4.90 Å². The zero-order valence-electron chi connectivity index (χ0n) is 25.0. The topological polar surface area (TPSA) is 21.7 Å². The van der Waals surface area contributed by atoms with Crippen LogP contribution < -0.4 is 30.8 Å². The molecule has 0 fully saturated rings. The van der Waals surface area contributed by atoms with E-state index in [2.05, 4.69) is 145 Å². The summed E-state index contributed by atoms with van der Waals surface area (Å²) >= 11 is 1.87. The van der Waals surface area contributed by atoms with E-state index in [1.165, 1.54) is 47.4 Å². The summed E-state index contributed by atoms with van der Waals surface area (Å²) in [6.45, 7) is 2.21. The smallest absolute Gasteiger partial charge is 0.260 e. The van der Waals surface area contributed by atoms with Gasteiger partial charge in [-0.15, -0.1) is 11.3 Å². The van der Waals surface area contributed by atoms with Gasteiger partial charge in [0.25, 0.3) is 6.71 Å². The van der Waals surface area contributed by atoms with Crippen molar-refractivity contribution in [1.82, 2.24) is 0 Å². The fourth-order valence-electron chi connectivity index (χ4n) is 7.33. The normalized spacial score (nSPS) is 12.8. The number of hydrogen-bond acceptors (Lipinski definition) is 4. The van der Waals surface area contributed by atoms with E-state index >= 15 is 0 Å². The van der Waals surface area contributed by atoms with Crippen molar-refractivity contribution in [3.8, 4) is 23.0 Å². The first kappa shape index (κ1) is 25.8. The second kappa shape index (κ2) is 9.74. The molecule has 0 saturated carbocycles. The number of hydrogen-bond donors (Lipinski definition) is 0. The molecule has 2 aliphatic heterocycles. The average Bonchev–Trinajstić information content (AvgIpc) is 3.46. The highest BCUT2D eigenvalue weighted by Crippen LogP contribution is 2.43. The maximum atomic E-state index is 6.63. The van der Waals surface area contributed by atoms with Crippen molar-refractivity contribution >= 4 is 82.4 Å². The molecule has 0 N–H and O–H groups in total. The highest BCUT2D eigenvalue weighted by molar-refractivity contribution is 7.26. The Kier molecular flexibility index (Phi) is 5.46. The van der Waals surface area contributed by atoms with Crippen LogP contribution in [-0.2, 0) is 0 Å². The summed E-state index contributed by atoms with van der Waals surface area (Å²) < 4.78 is 15.6. The first-order valence-electron chi connectivity index (χ1n) is 15.6. The van der Waals surface area contributed by atoms with Crippen molar-refractivity contribution in [3.05, 3.63) is 145 Å². The molecule has 0 radical (unpaired) electrons. The number of nitrogens with zero attached hydrogens (tertiary/aromatic N) is 1. The zero-order chi connectivity index (χ0) is 30.4. The summed E-state index contributed by atoms with van der Waals surface area (Å²) in [5.74, 6) is 3.60. The number of fused-ring (bicyclic) bond motifs is 9. The highest BCUT2D eigenvalue weighted by atomic mass is 32.1. The standard InChI is InChI=1S/C41H26BNO2S/c1-25-15-20-35-33(21-25)42-34-24-39-32(23-38(34)45-37-14-8-13-36(44-35)40(37)42)31-18-16-26-22-29(17-19-30(26)41(31)46-39)43(27-9-4-2-5-10-27)28-11-6-3-7-12-28/h2-24H,1H3. The summed E-state index contributed by atoms with van der Waals surface area (Å²) in [4.78, 5) is 2.32. The van der Waals surface area contributed by atoms with Crippen LogP contribution >= 0.6 is 11.3 Å². The summed E-state index contributed by atoms with van der Waals surface area (Å²) in [7, 11) is 0. The van der Waals surface area contributed by atoms with E-state index in [0.29, 0.717) is 0 Å². The maximum absolute atomic E-state index is 6.63. The summed E-state index contributed by atoms with van der Waals surface area (Å²) in [6, 6.07) is 49.8. The minimum atomic E-state index is 0.0643. The third-order valence-electron chi connectivity index (χ3n) is 9.40. The SMILES string of the molecule is Cc1ccc2c(c1)B1c3cc4sc5c6ccc(N(c7ccccc7)c7ccccc7)cc6ccc5c4cc3Oc3cccc(c31)O2. The molecule has 3 heterocycles. The lowest BCUT2D eigenvalue weighted by Crippen LogP contribution is -2.57. The Morgan fingerprint density at radius 1 is 0.522 bits per heavy atom. The van der Waals surface area contributed by atoms with Crippen LogP contribution in [0.15, 0.2) is 140 Å². The number of thiophene rings is 1. The molecule has 0 atom stereocenters. The van der Waals surface area contributed by atoms with Crippen molar-refractivity contribution in [2.45, 2.75) is 6.92 Å². The van der Waals surface area contributed by atoms with E-state index < -0.39 is 0 Å². The average molecular weight is 608 g/mol. The van der Waals surface area contributed by atoms with Gasteiger partial charge in [0.2, 0.25) is 0 Å². The van der Waals surface area contributed by atoms with Gasteiger partial charge >= 0.3 is 0 Å². The van der Waals surface area contributed by atoms with Crippen LogP contribution in [0, 0.1) is 6.92 Å². The Hall–Kier alpha value is -5.52. The van der Waals surface area contributed by atoms with Gasteiger partial charge in [-0.3, -0.25) is 0 Å². The molecule has 0 bridgehead atoms. The molecule has 0 unspecified atom stereocenters. The van der Waals surface area contributed by atoms with Gasteiger partial charge in [-0.25, -0.2) is 0 Å². The maximum Gasteiger partial charge on any atom is 0.260 e. The van der Waals surface area contributed by atoms with Crippen LogP contribution in [-0.4, -0.2) is 6.71 Å². The molecule has 0 spiro atoms. The second-order valence-electron chi connectivity index (χ2n) is 12.2. The lowest BCUT2D eigenvalue weighted by Gasteiger charge is -2.33. The van der Waals surface area contributed by atoms with E-state index in [1.54, 1.807) is 0 Å². The van der Waals surface area contributed by atoms with Crippen molar-refractivity contribution in [2.24, 2.45) is 0 Å². The third-order valence-corrected chi connectivity index (χ3v) is 10.6. The van der Waals surface area contributed by atoms with Crippen molar-refractivity contribution in [3.63, 3.8) is 0 Å². The minimum absolute atomic E-state index is 0.0643. The third kappa shape index (κ3) is 3.79. The van der Waals surface area contributed by atoms with Crippen LogP contribution in [0.3, 0.4) is 0 Å². The monoisotopic (exact) mass is 607 g/mol. The Bertz CT molecular complexity index is 2470. The molecule has 0 amide bonds. The van der Waals surface area contributed by atoms with Crippen molar-refractivity contribution in [1.29, 1.82) is 0 Å². The Morgan fingerprint density at radius 3 is 1.98 bits per heavy atom.